The minimum atomic E-state index is -1.29. The first-order valence-corrected chi connectivity index (χ1v) is 8.08. The number of carbonyl (C=O) groups is 1. The van der Waals surface area contributed by atoms with E-state index in [0.717, 1.165) is 6.34 Å². The van der Waals surface area contributed by atoms with Crippen LogP contribution in [0.2, 0.25) is 0 Å². The van der Waals surface area contributed by atoms with Crippen molar-refractivity contribution in [3.8, 4) is 0 Å². The SMILES string of the molecule is O=C1N=CN=C2C1N=C(N1CCOCC1)N2[C@H]1O[C@@H](CO)[C@H](O)[C@@H]1O. The van der Waals surface area contributed by atoms with Crippen LogP contribution < -0.4 is 0 Å². The third-order valence-electron chi connectivity index (χ3n) is 4.63. The molecule has 3 N–H and O–H groups in total. The van der Waals surface area contributed by atoms with Crippen LogP contribution in [0.5, 0.6) is 0 Å². The maximum Gasteiger partial charge on any atom is 0.279 e. The summed E-state index contributed by atoms with van der Waals surface area (Å²) in [4.78, 5) is 27.7. The average molecular weight is 353 g/mol. The van der Waals surface area contributed by atoms with Crippen LogP contribution in [-0.2, 0) is 14.3 Å². The molecule has 4 aliphatic heterocycles. The van der Waals surface area contributed by atoms with Gasteiger partial charge in [0, 0.05) is 13.1 Å². The second-order valence-corrected chi connectivity index (χ2v) is 6.10. The summed E-state index contributed by atoms with van der Waals surface area (Å²) in [5.74, 6) is 0.252. The third-order valence-corrected chi connectivity index (χ3v) is 4.63. The zero-order valence-corrected chi connectivity index (χ0v) is 13.3. The van der Waals surface area contributed by atoms with E-state index in [1.165, 1.54) is 4.90 Å². The van der Waals surface area contributed by atoms with E-state index in [2.05, 4.69) is 15.0 Å². The van der Waals surface area contributed by atoms with Crippen molar-refractivity contribution in [1.29, 1.82) is 0 Å². The zero-order chi connectivity index (χ0) is 17.6. The number of carbonyl (C=O) groups excluding carboxylic acids is 1. The van der Waals surface area contributed by atoms with E-state index in [1.54, 1.807) is 0 Å². The van der Waals surface area contributed by atoms with Gasteiger partial charge in [0.2, 0.25) is 5.96 Å². The number of aliphatic imine (C=N–C) groups is 3. The van der Waals surface area contributed by atoms with Gasteiger partial charge in [-0.15, -0.1) is 0 Å². The predicted octanol–water partition coefficient (Wildman–Crippen LogP) is -3.24. The number of amidine groups is 1. The molecule has 4 rings (SSSR count). The number of amides is 1. The number of rotatable bonds is 2. The smallest absolute Gasteiger partial charge is 0.279 e. The molecule has 4 heterocycles. The molecule has 5 atom stereocenters. The minimum Gasteiger partial charge on any atom is -0.394 e. The summed E-state index contributed by atoms with van der Waals surface area (Å²) in [6, 6.07) is -0.899. The fourth-order valence-electron chi connectivity index (χ4n) is 3.32. The molecule has 2 saturated heterocycles. The first kappa shape index (κ1) is 16.5. The molecule has 0 radical (unpaired) electrons. The molecule has 0 aromatic carbocycles. The maximum absolute atomic E-state index is 12.1. The molecule has 11 heteroatoms. The summed E-state index contributed by atoms with van der Waals surface area (Å²) < 4.78 is 11.0. The van der Waals surface area contributed by atoms with Crippen LogP contribution in [0.25, 0.3) is 0 Å². The Kier molecular flexibility index (Phi) is 4.25. The number of aliphatic hydroxyl groups is 3. The number of ether oxygens (including phenoxy) is 2. The van der Waals surface area contributed by atoms with Gasteiger partial charge in [0.1, 0.15) is 30.5 Å². The Labute approximate surface area is 142 Å². The van der Waals surface area contributed by atoms with Gasteiger partial charge in [-0.2, -0.15) is 4.99 Å². The van der Waals surface area contributed by atoms with Gasteiger partial charge in [-0.25, -0.2) is 9.98 Å². The lowest BCUT2D eigenvalue weighted by Gasteiger charge is -2.36. The lowest BCUT2D eigenvalue weighted by Crippen LogP contribution is -2.56. The maximum atomic E-state index is 12.1. The van der Waals surface area contributed by atoms with Crippen molar-refractivity contribution in [2.45, 2.75) is 30.6 Å². The van der Waals surface area contributed by atoms with Crippen LogP contribution in [0, 0.1) is 0 Å². The highest BCUT2D eigenvalue weighted by atomic mass is 16.6. The molecule has 1 unspecified atom stereocenters. The second kappa shape index (κ2) is 6.42. The molecule has 136 valence electrons. The summed E-state index contributed by atoms with van der Waals surface area (Å²) in [7, 11) is 0. The number of aliphatic hydroxyl groups excluding tert-OH is 3. The van der Waals surface area contributed by atoms with Gasteiger partial charge >= 0.3 is 0 Å². The summed E-state index contributed by atoms with van der Waals surface area (Å²) in [5, 5.41) is 29.8. The van der Waals surface area contributed by atoms with Crippen LogP contribution in [0.1, 0.15) is 0 Å². The highest BCUT2D eigenvalue weighted by Gasteiger charge is 2.52. The minimum absolute atomic E-state index is 0.288. The first-order chi connectivity index (χ1) is 12.1. The van der Waals surface area contributed by atoms with Crippen molar-refractivity contribution in [3.63, 3.8) is 0 Å². The standard InChI is InChI=1S/C14H19N5O6/c20-5-7-9(21)10(22)13(25-7)19-11-8(12(23)16-6-15-11)17-14(19)18-1-3-24-4-2-18/h6-10,13,20-22H,1-5H2/t7-,8?,9-,10-,13-/m0/s1. The van der Waals surface area contributed by atoms with Gasteiger partial charge in [-0.1, -0.05) is 0 Å². The lowest BCUT2D eigenvalue weighted by atomic mass is 10.1. The number of nitrogens with zero attached hydrogens (tertiary/aromatic N) is 5. The fraction of sp³-hybridized carbons (Fsp3) is 0.714. The highest BCUT2D eigenvalue weighted by Crippen LogP contribution is 2.30. The topological polar surface area (TPSA) is 140 Å². The Morgan fingerprint density at radius 1 is 1.24 bits per heavy atom. The van der Waals surface area contributed by atoms with Crippen LogP contribution in [0.3, 0.4) is 0 Å². The fourth-order valence-corrected chi connectivity index (χ4v) is 3.32. The van der Waals surface area contributed by atoms with E-state index in [0.29, 0.717) is 32.3 Å². The quantitative estimate of drug-likeness (QED) is 0.471. The van der Waals surface area contributed by atoms with Gasteiger partial charge < -0.3 is 29.7 Å². The van der Waals surface area contributed by atoms with Gasteiger partial charge in [-0.05, 0) is 0 Å². The molecule has 0 saturated carbocycles. The van der Waals surface area contributed by atoms with Crippen molar-refractivity contribution in [2.24, 2.45) is 15.0 Å². The summed E-state index contributed by atoms with van der Waals surface area (Å²) >= 11 is 0. The van der Waals surface area contributed by atoms with Crippen LogP contribution in [-0.4, -0.2) is 113 Å². The predicted molar refractivity (Wildman–Crippen MR) is 84.1 cm³/mol. The normalized spacial score (nSPS) is 38.0. The molecule has 0 spiro atoms. The number of fused-ring (bicyclic) bond motifs is 1. The third kappa shape index (κ3) is 2.64. The Bertz CT molecular complexity index is 646. The zero-order valence-electron chi connectivity index (χ0n) is 13.3. The number of hydrogen-bond acceptors (Lipinski definition) is 10. The van der Waals surface area contributed by atoms with Crippen molar-refractivity contribution < 1.29 is 29.6 Å². The number of guanidine groups is 1. The molecule has 25 heavy (non-hydrogen) atoms. The molecule has 0 aliphatic carbocycles. The van der Waals surface area contributed by atoms with Crippen molar-refractivity contribution in [2.75, 3.05) is 32.9 Å². The van der Waals surface area contributed by atoms with Crippen LogP contribution >= 0.6 is 0 Å². The van der Waals surface area contributed by atoms with E-state index in [-0.39, 0.29) is 5.84 Å². The molecule has 1 amide bonds. The molecule has 11 nitrogen and oxygen atoms in total. The van der Waals surface area contributed by atoms with Crippen molar-refractivity contribution >= 4 is 24.0 Å². The summed E-state index contributed by atoms with van der Waals surface area (Å²) in [6.07, 6.45) is -3.36. The molecular weight excluding hydrogens is 334 g/mol. The molecular formula is C14H19N5O6. The molecule has 0 aromatic rings. The molecule has 0 aromatic heterocycles. The number of hydrogen-bond donors (Lipinski definition) is 3. The first-order valence-electron chi connectivity index (χ1n) is 8.08. The van der Waals surface area contributed by atoms with Crippen molar-refractivity contribution in [1.82, 2.24) is 9.80 Å². The van der Waals surface area contributed by atoms with E-state index < -0.39 is 43.1 Å². The van der Waals surface area contributed by atoms with Gasteiger partial charge in [0.25, 0.3) is 5.91 Å². The van der Waals surface area contributed by atoms with E-state index in [1.807, 2.05) is 4.90 Å². The van der Waals surface area contributed by atoms with Gasteiger partial charge in [0.05, 0.1) is 19.8 Å². The monoisotopic (exact) mass is 353 g/mol. The van der Waals surface area contributed by atoms with Crippen LogP contribution in [0.15, 0.2) is 15.0 Å². The Hall–Kier alpha value is -1.92. The average Bonchev–Trinajstić information content (AvgIpc) is 3.15. The van der Waals surface area contributed by atoms with Gasteiger partial charge in [0.15, 0.2) is 12.3 Å². The van der Waals surface area contributed by atoms with E-state index in [4.69, 9.17) is 9.47 Å². The Morgan fingerprint density at radius 2 is 2.00 bits per heavy atom. The van der Waals surface area contributed by atoms with Crippen LogP contribution in [0.4, 0.5) is 0 Å². The summed E-state index contributed by atoms with van der Waals surface area (Å²) in [6.45, 7) is 1.68. The van der Waals surface area contributed by atoms with E-state index >= 15 is 0 Å². The lowest BCUT2D eigenvalue weighted by molar-refractivity contribution is -0.117. The Balaban J connectivity index is 1.69. The highest BCUT2D eigenvalue weighted by molar-refractivity contribution is 6.22. The number of morpholine rings is 1. The van der Waals surface area contributed by atoms with Gasteiger partial charge in [-0.3, -0.25) is 9.69 Å². The summed E-state index contributed by atoms with van der Waals surface area (Å²) in [5.41, 5.74) is 0. The van der Waals surface area contributed by atoms with Crippen molar-refractivity contribution in [3.05, 3.63) is 0 Å². The molecule has 2 fully saturated rings. The second-order valence-electron chi connectivity index (χ2n) is 6.10. The van der Waals surface area contributed by atoms with E-state index in [9.17, 15) is 20.1 Å². The Morgan fingerprint density at radius 3 is 2.68 bits per heavy atom. The molecule has 4 aliphatic rings. The molecule has 0 bridgehead atoms. The largest absolute Gasteiger partial charge is 0.394 e.